The number of rotatable bonds is 3. The van der Waals surface area contributed by atoms with Crippen molar-refractivity contribution >= 4 is 11.8 Å². The summed E-state index contributed by atoms with van der Waals surface area (Å²) in [7, 11) is 0. The van der Waals surface area contributed by atoms with Crippen LogP contribution in [0.4, 0.5) is 4.39 Å². The molecule has 1 aromatic carbocycles. The normalized spacial score (nSPS) is 25.5. The largest absolute Gasteiger partial charge is 0.330 e. The lowest BCUT2D eigenvalue weighted by Gasteiger charge is -2.23. The Kier molecular flexibility index (Phi) is 4.86. The second kappa shape index (κ2) is 6.41. The van der Waals surface area contributed by atoms with Gasteiger partial charge in [-0.3, -0.25) is 0 Å². The average molecular weight is 253 g/mol. The molecule has 1 aliphatic rings. The van der Waals surface area contributed by atoms with Crippen molar-refractivity contribution in [2.24, 2.45) is 11.7 Å². The number of halogens is 1. The molecule has 0 radical (unpaired) electrons. The number of hydrogen-bond donors (Lipinski definition) is 1. The van der Waals surface area contributed by atoms with Crippen molar-refractivity contribution < 1.29 is 4.39 Å². The fourth-order valence-electron chi connectivity index (χ4n) is 2.49. The Labute approximate surface area is 107 Å². The van der Waals surface area contributed by atoms with Gasteiger partial charge in [-0.2, -0.15) is 0 Å². The zero-order valence-corrected chi connectivity index (χ0v) is 10.9. The summed E-state index contributed by atoms with van der Waals surface area (Å²) in [5.74, 6) is 0.443. The van der Waals surface area contributed by atoms with Gasteiger partial charge in [0.2, 0.25) is 0 Å². The molecule has 0 amide bonds. The molecule has 3 heteroatoms. The SMILES string of the molecule is NCC1CCCCCC1Sc1cccc(F)c1. The zero-order valence-electron chi connectivity index (χ0n) is 10.1. The minimum Gasteiger partial charge on any atom is -0.330 e. The van der Waals surface area contributed by atoms with Crippen molar-refractivity contribution in [3.05, 3.63) is 30.1 Å². The summed E-state index contributed by atoms with van der Waals surface area (Å²) in [6.45, 7) is 0.757. The van der Waals surface area contributed by atoms with E-state index in [-0.39, 0.29) is 5.82 Å². The van der Waals surface area contributed by atoms with Gasteiger partial charge in [-0.05, 0) is 43.5 Å². The Hall–Kier alpha value is -0.540. The molecule has 0 aromatic heterocycles. The molecular formula is C14H20FNS. The fraction of sp³-hybridized carbons (Fsp3) is 0.571. The van der Waals surface area contributed by atoms with E-state index in [1.54, 1.807) is 23.9 Å². The smallest absolute Gasteiger partial charge is 0.124 e. The second-order valence-corrected chi connectivity index (χ2v) is 6.06. The van der Waals surface area contributed by atoms with E-state index in [0.29, 0.717) is 11.2 Å². The number of hydrogen-bond acceptors (Lipinski definition) is 2. The summed E-state index contributed by atoms with van der Waals surface area (Å²) < 4.78 is 13.1. The minimum atomic E-state index is -0.145. The molecule has 1 saturated carbocycles. The van der Waals surface area contributed by atoms with E-state index in [1.165, 1.54) is 38.2 Å². The third kappa shape index (κ3) is 3.71. The van der Waals surface area contributed by atoms with E-state index in [1.807, 2.05) is 6.07 Å². The van der Waals surface area contributed by atoms with Gasteiger partial charge in [0.15, 0.2) is 0 Å². The molecule has 2 unspecified atom stereocenters. The van der Waals surface area contributed by atoms with Crippen molar-refractivity contribution in [2.75, 3.05) is 6.54 Å². The Morgan fingerprint density at radius 1 is 1.24 bits per heavy atom. The first-order valence-electron chi connectivity index (χ1n) is 6.42. The maximum Gasteiger partial charge on any atom is 0.124 e. The van der Waals surface area contributed by atoms with Crippen LogP contribution in [0.25, 0.3) is 0 Å². The van der Waals surface area contributed by atoms with Crippen LogP contribution in [-0.4, -0.2) is 11.8 Å². The predicted molar refractivity (Wildman–Crippen MR) is 71.7 cm³/mol. The van der Waals surface area contributed by atoms with E-state index < -0.39 is 0 Å². The topological polar surface area (TPSA) is 26.0 Å². The molecule has 0 spiro atoms. The van der Waals surface area contributed by atoms with Gasteiger partial charge in [-0.1, -0.05) is 25.3 Å². The van der Waals surface area contributed by atoms with Gasteiger partial charge >= 0.3 is 0 Å². The molecule has 2 N–H and O–H groups in total. The molecule has 0 saturated heterocycles. The first-order valence-corrected chi connectivity index (χ1v) is 7.30. The average Bonchev–Trinajstić information content (AvgIpc) is 2.54. The summed E-state index contributed by atoms with van der Waals surface area (Å²) >= 11 is 1.80. The monoisotopic (exact) mass is 253 g/mol. The van der Waals surface area contributed by atoms with Crippen molar-refractivity contribution in [1.82, 2.24) is 0 Å². The molecule has 0 heterocycles. The first kappa shape index (κ1) is 12.9. The fourth-order valence-corrected chi connectivity index (χ4v) is 3.90. The summed E-state index contributed by atoms with van der Waals surface area (Å²) in [6, 6.07) is 6.90. The third-order valence-corrected chi connectivity index (χ3v) is 4.93. The van der Waals surface area contributed by atoms with Crippen molar-refractivity contribution in [3.63, 3.8) is 0 Å². The maximum atomic E-state index is 13.1. The molecule has 94 valence electrons. The molecule has 0 bridgehead atoms. The number of thioether (sulfide) groups is 1. The van der Waals surface area contributed by atoms with Crippen LogP contribution in [0, 0.1) is 11.7 Å². The van der Waals surface area contributed by atoms with Gasteiger partial charge in [-0.15, -0.1) is 11.8 Å². The summed E-state index contributed by atoms with van der Waals surface area (Å²) in [6.07, 6.45) is 6.33. The Morgan fingerprint density at radius 2 is 2.06 bits per heavy atom. The quantitative estimate of drug-likeness (QED) is 0.829. The molecule has 1 aliphatic carbocycles. The van der Waals surface area contributed by atoms with Crippen LogP contribution >= 0.6 is 11.8 Å². The van der Waals surface area contributed by atoms with Crippen LogP contribution in [0.15, 0.2) is 29.2 Å². The van der Waals surface area contributed by atoms with Crippen LogP contribution < -0.4 is 5.73 Å². The Morgan fingerprint density at radius 3 is 2.82 bits per heavy atom. The van der Waals surface area contributed by atoms with Gasteiger partial charge < -0.3 is 5.73 Å². The summed E-state index contributed by atoms with van der Waals surface area (Å²) in [5.41, 5.74) is 5.86. The molecular weight excluding hydrogens is 233 g/mol. The van der Waals surface area contributed by atoms with Crippen molar-refractivity contribution in [2.45, 2.75) is 42.2 Å². The van der Waals surface area contributed by atoms with Gasteiger partial charge in [-0.25, -0.2) is 4.39 Å². The molecule has 2 atom stereocenters. The molecule has 1 aromatic rings. The van der Waals surface area contributed by atoms with Gasteiger partial charge in [0, 0.05) is 10.1 Å². The van der Waals surface area contributed by atoms with Gasteiger partial charge in [0.1, 0.15) is 5.82 Å². The highest BCUT2D eigenvalue weighted by Crippen LogP contribution is 2.36. The van der Waals surface area contributed by atoms with Crippen LogP contribution in [0.2, 0.25) is 0 Å². The molecule has 17 heavy (non-hydrogen) atoms. The highest BCUT2D eigenvalue weighted by Gasteiger charge is 2.23. The standard InChI is InChI=1S/C14H20FNS/c15-12-6-4-7-13(9-12)17-14-8-3-1-2-5-11(14)10-16/h4,6-7,9,11,14H,1-3,5,8,10,16H2. The van der Waals surface area contributed by atoms with Crippen molar-refractivity contribution in [3.8, 4) is 0 Å². The molecule has 0 aliphatic heterocycles. The Bertz CT molecular complexity index is 356. The van der Waals surface area contributed by atoms with Gasteiger partial charge in [0.05, 0.1) is 0 Å². The van der Waals surface area contributed by atoms with E-state index in [4.69, 9.17) is 5.73 Å². The lowest BCUT2D eigenvalue weighted by Crippen LogP contribution is -2.24. The van der Waals surface area contributed by atoms with Crippen LogP contribution in [-0.2, 0) is 0 Å². The van der Waals surface area contributed by atoms with Crippen molar-refractivity contribution in [1.29, 1.82) is 0 Å². The van der Waals surface area contributed by atoms with E-state index in [9.17, 15) is 4.39 Å². The maximum absolute atomic E-state index is 13.1. The van der Waals surface area contributed by atoms with E-state index in [2.05, 4.69) is 0 Å². The summed E-state index contributed by atoms with van der Waals surface area (Å²) in [4.78, 5) is 1.04. The lowest BCUT2D eigenvalue weighted by molar-refractivity contribution is 0.483. The van der Waals surface area contributed by atoms with Crippen LogP contribution in [0.5, 0.6) is 0 Å². The number of nitrogens with two attached hydrogens (primary N) is 1. The first-order chi connectivity index (χ1) is 8.29. The predicted octanol–water partition coefficient (Wildman–Crippen LogP) is 3.83. The third-order valence-electron chi connectivity index (χ3n) is 3.48. The number of benzene rings is 1. The van der Waals surface area contributed by atoms with Gasteiger partial charge in [0.25, 0.3) is 0 Å². The molecule has 1 nitrogen and oxygen atoms in total. The highest BCUT2D eigenvalue weighted by molar-refractivity contribution is 8.00. The summed E-state index contributed by atoms with van der Waals surface area (Å²) in [5, 5.41) is 0.560. The highest BCUT2D eigenvalue weighted by atomic mass is 32.2. The van der Waals surface area contributed by atoms with E-state index >= 15 is 0 Å². The second-order valence-electron chi connectivity index (χ2n) is 4.75. The van der Waals surface area contributed by atoms with E-state index in [0.717, 1.165) is 11.4 Å². The zero-order chi connectivity index (χ0) is 12.1. The Balaban J connectivity index is 2.04. The molecule has 1 fully saturated rings. The van der Waals surface area contributed by atoms with Crippen LogP contribution in [0.3, 0.4) is 0 Å². The van der Waals surface area contributed by atoms with Crippen LogP contribution in [0.1, 0.15) is 32.1 Å². The molecule has 2 rings (SSSR count). The lowest BCUT2D eigenvalue weighted by atomic mass is 10.0. The minimum absolute atomic E-state index is 0.145.